The highest BCUT2D eigenvalue weighted by Crippen LogP contribution is 2.14. The number of benzene rings is 1. The molecule has 76 valence electrons. The summed E-state index contributed by atoms with van der Waals surface area (Å²) in [6.45, 7) is 6.61. The lowest BCUT2D eigenvalue weighted by Gasteiger charge is -2.05. The molecule has 2 nitrogen and oxygen atoms in total. The zero-order valence-electron chi connectivity index (χ0n) is 8.83. The molecule has 0 aliphatic carbocycles. The van der Waals surface area contributed by atoms with Crippen LogP contribution in [0.5, 0.6) is 0 Å². The third-order valence-corrected chi connectivity index (χ3v) is 2.17. The Balaban J connectivity index is 2.26. The molecule has 0 amide bonds. The smallest absolute Gasteiger partial charge is 0.126 e. The normalized spacial score (nSPS) is 10.2. The fraction of sp³-hybridized carbons (Fsp3) is 0.154. The summed E-state index contributed by atoms with van der Waals surface area (Å²) >= 11 is 0. The second kappa shape index (κ2) is 4.13. The summed E-state index contributed by atoms with van der Waals surface area (Å²) in [5, 5.41) is 4.39. The van der Waals surface area contributed by atoms with Crippen molar-refractivity contribution in [2.45, 2.75) is 6.92 Å². The molecule has 2 heteroatoms. The summed E-state index contributed by atoms with van der Waals surface area (Å²) in [5.41, 5.74) is 2.12. The number of nitrogens with zero attached hydrogens (tertiary/aromatic N) is 1. The number of anilines is 1. The van der Waals surface area contributed by atoms with Gasteiger partial charge in [0.1, 0.15) is 5.82 Å². The molecule has 0 fully saturated rings. The molecule has 1 heterocycles. The van der Waals surface area contributed by atoms with E-state index in [0.717, 1.165) is 23.5 Å². The number of rotatable bonds is 3. The van der Waals surface area contributed by atoms with Crippen LogP contribution in [0.1, 0.15) is 6.92 Å². The zero-order valence-corrected chi connectivity index (χ0v) is 8.83. The van der Waals surface area contributed by atoms with Crippen LogP contribution in [0.3, 0.4) is 0 Å². The second-order valence-electron chi connectivity index (χ2n) is 3.70. The van der Waals surface area contributed by atoms with Gasteiger partial charge in [0.05, 0.1) is 5.52 Å². The topological polar surface area (TPSA) is 24.9 Å². The maximum absolute atomic E-state index is 4.49. The number of pyridine rings is 1. The van der Waals surface area contributed by atoms with Crippen molar-refractivity contribution in [3.63, 3.8) is 0 Å². The summed E-state index contributed by atoms with van der Waals surface area (Å²) in [6, 6.07) is 12.2. The van der Waals surface area contributed by atoms with E-state index in [1.165, 1.54) is 5.39 Å². The Bertz CT molecular complexity index is 489. The molecule has 15 heavy (non-hydrogen) atoms. The molecule has 0 radical (unpaired) electrons. The predicted molar refractivity (Wildman–Crippen MR) is 65.0 cm³/mol. The van der Waals surface area contributed by atoms with Gasteiger partial charge in [0.15, 0.2) is 0 Å². The molecule has 0 atom stereocenters. The van der Waals surface area contributed by atoms with Crippen molar-refractivity contribution >= 4 is 16.7 Å². The molecule has 2 aromatic rings. The lowest BCUT2D eigenvalue weighted by atomic mass is 10.2. The molecule has 1 aromatic heterocycles. The van der Waals surface area contributed by atoms with E-state index in [4.69, 9.17) is 0 Å². The fourth-order valence-electron chi connectivity index (χ4n) is 1.41. The number of fused-ring (bicyclic) bond motifs is 1. The van der Waals surface area contributed by atoms with Crippen LogP contribution < -0.4 is 5.32 Å². The number of hydrogen-bond donors (Lipinski definition) is 1. The minimum absolute atomic E-state index is 0.769. The maximum Gasteiger partial charge on any atom is 0.126 e. The third-order valence-electron chi connectivity index (χ3n) is 2.17. The van der Waals surface area contributed by atoms with Gasteiger partial charge in [0.2, 0.25) is 0 Å². The lowest BCUT2D eigenvalue weighted by molar-refractivity contribution is 1.18. The fourth-order valence-corrected chi connectivity index (χ4v) is 1.41. The van der Waals surface area contributed by atoms with Gasteiger partial charge in [-0.3, -0.25) is 0 Å². The van der Waals surface area contributed by atoms with Gasteiger partial charge in [-0.05, 0) is 25.1 Å². The van der Waals surface area contributed by atoms with Gasteiger partial charge in [0.25, 0.3) is 0 Å². The first-order chi connectivity index (χ1) is 7.25. The molecule has 0 aliphatic heterocycles. The van der Waals surface area contributed by atoms with Crippen molar-refractivity contribution in [3.05, 3.63) is 48.6 Å². The highest BCUT2D eigenvalue weighted by Gasteiger charge is 1.96. The van der Waals surface area contributed by atoms with Crippen molar-refractivity contribution in [3.8, 4) is 0 Å². The summed E-state index contributed by atoms with van der Waals surface area (Å²) in [4.78, 5) is 4.49. The summed E-state index contributed by atoms with van der Waals surface area (Å²) in [5.74, 6) is 0.900. The summed E-state index contributed by atoms with van der Waals surface area (Å²) < 4.78 is 0. The molecule has 0 aliphatic rings. The van der Waals surface area contributed by atoms with Crippen molar-refractivity contribution < 1.29 is 0 Å². The first-order valence-electron chi connectivity index (χ1n) is 5.00. The number of aromatic nitrogens is 1. The van der Waals surface area contributed by atoms with Crippen molar-refractivity contribution in [1.29, 1.82) is 0 Å². The Hall–Kier alpha value is -1.83. The maximum atomic E-state index is 4.49. The Morgan fingerprint density at radius 1 is 1.27 bits per heavy atom. The molecule has 0 saturated carbocycles. The van der Waals surface area contributed by atoms with Crippen LogP contribution in [0.4, 0.5) is 5.82 Å². The Morgan fingerprint density at radius 2 is 2.07 bits per heavy atom. The summed E-state index contributed by atoms with van der Waals surface area (Å²) in [7, 11) is 0. The lowest BCUT2D eigenvalue weighted by Crippen LogP contribution is -2.03. The SMILES string of the molecule is C=C(C)CNc1ccc2ccccc2n1. The van der Waals surface area contributed by atoms with Crippen LogP contribution in [0.25, 0.3) is 10.9 Å². The molecular weight excluding hydrogens is 184 g/mol. The van der Waals surface area contributed by atoms with Crippen LogP contribution in [0.2, 0.25) is 0 Å². The number of hydrogen-bond acceptors (Lipinski definition) is 2. The standard InChI is InChI=1S/C13H14N2/c1-10(2)9-14-13-8-7-11-5-3-4-6-12(11)15-13/h3-8H,1,9H2,2H3,(H,14,15). The van der Waals surface area contributed by atoms with E-state index >= 15 is 0 Å². The van der Waals surface area contributed by atoms with Gasteiger partial charge < -0.3 is 5.32 Å². The van der Waals surface area contributed by atoms with Crippen molar-refractivity contribution in [2.24, 2.45) is 0 Å². The molecule has 0 spiro atoms. The van der Waals surface area contributed by atoms with E-state index < -0.39 is 0 Å². The molecule has 1 aromatic carbocycles. The van der Waals surface area contributed by atoms with Crippen LogP contribution in [-0.2, 0) is 0 Å². The molecular formula is C13H14N2. The van der Waals surface area contributed by atoms with E-state index in [1.54, 1.807) is 0 Å². The van der Waals surface area contributed by atoms with E-state index in [1.807, 2.05) is 31.2 Å². The minimum Gasteiger partial charge on any atom is -0.366 e. The predicted octanol–water partition coefficient (Wildman–Crippen LogP) is 3.22. The third kappa shape index (κ3) is 2.34. The molecule has 1 N–H and O–H groups in total. The molecule has 0 unspecified atom stereocenters. The van der Waals surface area contributed by atoms with Gasteiger partial charge in [-0.25, -0.2) is 4.98 Å². The van der Waals surface area contributed by atoms with Crippen LogP contribution in [-0.4, -0.2) is 11.5 Å². The van der Waals surface area contributed by atoms with Crippen molar-refractivity contribution in [1.82, 2.24) is 4.98 Å². The van der Waals surface area contributed by atoms with Gasteiger partial charge in [-0.2, -0.15) is 0 Å². The summed E-state index contributed by atoms with van der Waals surface area (Å²) in [6.07, 6.45) is 0. The first-order valence-corrected chi connectivity index (χ1v) is 5.00. The van der Waals surface area contributed by atoms with E-state index in [9.17, 15) is 0 Å². The average Bonchev–Trinajstić information content (AvgIpc) is 2.26. The van der Waals surface area contributed by atoms with E-state index in [2.05, 4.69) is 29.0 Å². The average molecular weight is 198 g/mol. The molecule has 0 bridgehead atoms. The van der Waals surface area contributed by atoms with Gasteiger partial charge in [-0.15, -0.1) is 0 Å². The quantitative estimate of drug-likeness (QED) is 0.766. The monoisotopic (exact) mass is 198 g/mol. The minimum atomic E-state index is 0.769. The van der Waals surface area contributed by atoms with E-state index in [0.29, 0.717) is 0 Å². The first kappa shape index (κ1) is 9.71. The van der Waals surface area contributed by atoms with Gasteiger partial charge >= 0.3 is 0 Å². The van der Waals surface area contributed by atoms with Crippen LogP contribution in [0.15, 0.2) is 48.6 Å². The highest BCUT2D eigenvalue weighted by molar-refractivity contribution is 5.80. The van der Waals surface area contributed by atoms with Gasteiger partial charge in [0, 0.05) is 11.9 Å². The Kier molecular flexibility index (Phi) is 2.68. The van der Waals surface area contributed by atoms with Crippen LogP contribution >= 0.6 is 0 Å². The molecule has 0 saturated heterocycles. The Labute approximate surface area is 89.7 Å². The van der Waals surface area contributed by atoms with Gasteiger partial charge in [-0.1, -0.05) is 30.4 Å². The molecule has 2 rings (SSSR count). The zero-order chi connectivity index (χ0) is 10.7. The number of nitrogens with one attached hydrogen (secondary N) is 1. The van der Waals surface area contributed by atoms with E-state index in [-0.39, 0.29) is 0 Å². The number of para-hydroxylation sites is 1. The van der Waals surface area contributed by atoms with Crippen molar-refractivity contribution in [2.75, 3.05) is 11.9 Å². The highest BCUT2D eigenvalue weighted by atomic mass is 15.0. The van der Waals surface area contributed by atoms with Crippen LogP contribution in [0, 0.1) is 0 Å². The largest absolute Gasteiger partial charge is 0.366 e. The Morgan fingerprint density at radius 3 is 2.87 bits per heavy atom. The second-order valence-corrected chi connectivity index (χ2v) is 3.70.